The van der Waals surface area contributed by atoms with Crippen molar-refractivity contribution in [3.63, 3.8) is 0 Å². The number of hydrogen-bond donors (Lipinski definition) is 1. The first kappa shape index (κ1) is 16.8. The number of nitrogens with zero attached hydrogens (tertiary/aromatic N) is 1. The van der Waals surface area contributed by atoms with Gasteiger partial charge in [0.15, 0.2) is 0 Å². The molecule has 1 heterocycles. The minimum absolute atomic E-state index is 0.0595. The summed E-state index contributed by atoms with van der Waals surface area (Å²) in [7, 11) is 0. The molecule has 1 unspecified atom stereocenters. The Kier molecular flexibility index (Phi) is 3.79. The second-order valence-corrected chi connectivity index (χ2v) is 7.39. The van der Waals surface area contributed by atoms with E-state index >= 15 is 0 Å². The van der Waals surface area contributed by atoms with Gasteiger partial charge in [0.05, 0.1) is 5.92 Å². The van der Waals surface area contributed by atoms with Crippen molar-refractivity contribution in [1.29, 1.82) is 0 Å². The second-order valence-electron chi connectivity index (χ2n) is 7.39. The van der Waals surface area contributed by atoms with Crippen molar-refractivity contribution in [2.75, 3.05) is 6.54 Å². The molecule has 138 valence electrons. The van der Waals surface area contributed by atoms with Crippen molar-refractivity contribution in [1.82, 2.24) is 4.90 Å². The number of carbonyl (C=O) groups is 2. The summed E-state index contributed by atoms with van der Waals surface area (Å²) in [5, 5.41) is 0. The van der Waals surface area contributed by atoms with E-state index in [1.54, 1.807) is 4.90 Å². The molecule has 0 radical (unpaired) electrons. The molecule has 1 atom stereocenters. The Bertz CT molecular complexity index is 1060. The number of fused-ring (bicyclic) bond motifs is 4. The largest absolute Gasteiger partial charge is 0.368 e. The molecule has 3 aromatic rings. The van der Waals surface area contributed by atoms with E-state index < -0.39 is 17.9 Å². The van der Waals surface area contributed by atoms with Crippen molar-refractivity contribution in [2.45, 2.75) is 18.4 Å². The molecular weight excluding hydrogens is 348 g/mol. The molecule has 1 aliphatic heterocycles. The maximum atomic E-state index is 13.8. The predicted molar refractivity (Wildman–Crippen MR) is 108 cm³/mol. The van der Waals surface area contributed by atoms with E-state index in [-0.39, 0.29) is 5.91 Å². The van der Waals surface area contributed by atoms with E-state index in [0.717, 1.165) is 39.8 Å². The van der Waals surface area contributed by atoms with E-state index in [9.17, 15) is 9.59 Å². The highest BCUT2D eigenvalue weighted by Gasteiger charge is 2.41. The Morgan fingerprint density at radius 1 is 0.786 bits per heavy atom. The maximum Gasteiger partial charge on any atom is 0.244 e. The molecule has 0 aromatic heterocycles. The van der Waals surface area contributed by atoms with Crippen LogP contribution in [0.5, 0.6) is 0 Å². The minimum atomic E-state index is -0.725. The first-order valence-corrected chi connectivity index (χ1v) is 9.52. The summed E-state index contributed by atoms with van der Waals surface area (Å²) in [6.07, 6.45) is 0.724. The smallest absolute Gasteiger partial charge is 0.244 e. The molecular formula is C24H20N2O2. The highest BCUT2D eigenvalue weighted by Crippen LogP contribution is 2.46. The normalized spacial score (nSPS) is 17.6. The summed E-state index contributed by atoms with van der Waals surface area (Å²) >= 11 is 0. The summed E-state index contributed by atoms with van der Waals surface area (Å²) in [6.45, 7) is 0.490. The van der Waals surface area contributed by atoms with Crippen LogP contribution in [-0.4, -0.2) is 23.3 Å². The SMILES string of the molecule is NC(=O)C1c2ccccc2CCN1C(=O)C1c2ccccc2-c2ccccc21. The topological polar surface area (TPSA) is 63.4 Å². The van der Waals surface area contributed by atoms with Crippen LogP contribution in [0.2, 0.25) is 0 Å². The van der Waals surface area contributed by atoms with Crippen LogP contribution in [0.15, 0.2) is 72.8 Å². The number of hydrogen-bond acceptors (Lipinski definition) is 2. The first-order valence-electron chi connectivity index (χ1n) is 9.52. The van der Waals surface area contributed by atoms with Crippen molar-refractivity contribution in [2.24, 2.45) is 5.73 Å². The zero-order valence-corrected chi connectivity index (χ0v) is 15.3. The highest BCUT2D eigenvalue weighted by atomic mass is 16.2. The van der Waals surface area contributed by atoms with Gasteiger partial charge in [-0.15, -0.1) is 0 Å². The summed E-state index contributed by atoms with van der Waals surface area (Å²) in [4.78, 5) is 27.8. The number of carbonyl (C=O) groups excluding carboxylic acids is 2. The Labute approximate surface area is 163 Å². The second kappa shape index (κ2) is 6.34. The third kappa shape index (κ3) is 2.38. The zero-order chi connectivity index (χ0) is 19.3. The van der Waals surface area contributed by atoms with Gasteiger partial charge in [-0.3, -0.25) is 9.59 Å². The quantitative estimate of drug-likeness (QED) is 0.753. The predicted octanol–water partition coefficient (Wildman–Crippen LogP) is 3.41. The fourth-order valence-corrected chi connectivity index (χ4v) is 4.70. The molecule has 0 spiro atoms. The lowest BCUT2D eigenvalue weighted by Crippen LogP contribution is -2.47. The first-order chi connectivity index (χ1) is 13.7. The monoisotopic (exact) mass is 368 g/mol. The van der Waals surface area contributed by atoms with Crippen LogP contribution in [0.3, 0.4) is 0 Å². The molecule has 5 rings (SSSR count). The van der Waals surface area contributed by atoms with E-state index in [1.807, 2.05) is 60.7 Å². The third-order valence-electron chi connectivity index (χ3n) is 5.92. The molecule has 0 bridgehead atoms. The van der Waals surface area contributed by atoms with E-state index in [4.69, 9.17) is 5.73 Å². The molecule has 28 heavy (non-hydrogen) atoms. The van der Waals surface area contributed by atoms with Crippen LogP contribution < -0.4 is 5.73 Å². The minimum Gasteiger partial charge on any atom is -0.368 e. The molecule has 0 saturated carbocycles. The van der Waals surface area contributed by atoms with Gasteiger partial charge >= 0.3 is 0 Å². The standard InChI is InChI=1S/C24H20N2O2/c25-23(27)22-16-8-2-1-7-15(16)13-14-26(22)24(28)21-19-11-5-3-9-17(19)18-10-4-6-12-20(18)21/h1-12,21-22H,13-14H2,(H2,25,27). The molecule has 0 fully saturated rings. The number of amides is 2. The maximum absolute atomic E-state index is 13.8. The third-order valence-corrected chi connectivity index (χ3v) is 5.92. The van der Waals surface area contributed by atoms with Crippen LogP contribution in [-0.2, 0) is 16.0 Å². The van der Waals surface area contributed by atoms with Crippen LogP contribution in [0.25, 0.3) is 11.1 Å². The highest BCUT2D eigenvalue weighted by molar-refractivity contribution is 5.98. The van der Waals surface area contributed by atoms with Gasteiger partial charge in [0.1, 0.15) is 6.04 Å². The van der Waals surface area contributed by atoms with Crippen LogP contribution >= 0.6 is 0 Å². The lowest BCUT2D eigenvalue weighted by molar-refractivity contribution is -0.140. The molecule has 3 aromatic carbocycles. The van der Waals surface area contributed by atoms with Crippen molar-refractivity contribution < 1.29 is 9.59 Å². The molecule has 2 amide bonds. The van der Waals surface area contributed by atoms with E-state index in [0.29, 0.717) is 6.54 Å². The molecule has 2 N–H and O–H groups in total. The number of benzene rings is 3. The molecule has 4 heteroatoms. The lowest BCUT2D eigenvalue weighted by Gasteiger charge is -2.37. The van der Waals surface area contributed by atoms with Crippen molar-refractivity contribution >= 4 is 11.8 Å². The van der Waals surface area contributed by atoms with Crippen molar-refractivity contribution in [3.8, 4) is 11.1 Å². The summed E-state index contributed by atoms with van der Waals surface area (Å²) in [6, 6.07) is 23.1. The van der Waals surface area contributed by atoms with E-state index in [2.05, 4.69) is 12.1 Å². The summed E-state index contributed by atoms with van der Waals surface area (Å²) in [5.74, 6) is -0.949. The van der Waals surface area contributed by atoms with Crippen molar-refractivity contribution in [3.05, 3.63) is 95.1 Å². The van der Waals surface area contributed by atoms with Gasteiger partial charge in [-0.25, -0.2) is 0 Å². The number of primary amides is 1. The van der Waals surface area contributed by atoms with E-state index in [1.165, 1.54) is 0 Å². The summed E-state index contributed by atoms with van der Waals surface area (Å²) < 4.78 is 0. The van der Waals surface area contributed by atoms with Crippen LogP contribution in [0.1, 0.15) is 34.2 Å². The molecule has 2 aliphatic rings. The van der Waals surface area contributed by atoms with Gasteiger partial charge in [-0.05, 0) is 39.8 Å². The van der Waals surface area contributed by atoms with Gasteiger partial charge in [0.25, 0.3) is 0 Å². The molecule has 1 aliphatic carbocycles. The zero-order valence-electron chi connectivity index (χ0n) is 15.3. The number of rotatable bonds is 2. The summed E-state index contributed by atoms with van der Waals surface area (Å²) in [5.41, 5.74) is 11.9. The average molecular weight is 368 g/mol. The van der Waals surface area contributed by atoms with Gasteiger partial charge in [0.2, 0.25) is 11.8 Å². The molecule has 0 saturated heterocycles. The van der Waals surface area contributed by atoms with Crippen LogP contribution in [0.4, 0.5) is 0 Å². The average Bonchev–Trinajstić information content (AvgIpc) is 3.07. The Morgan fingerprint density at radius 2 is 1.32 bits per heavy atom. The van der Waals surface area contributed by atoms with Gasteiger partial charge in [0, 0.05) is 6.54 Å². The Balaban J connectivity index is 1.61. The van der Waals surface area contributed by atoms with Gasteiger partial charge in [-0.2, -0.15) is 0 Å². The lowest BCUT2D eigenvalue weighted by atomic mass is 9.89. The van der Waals surface area contributed by atoms with Crippen LogP contribution in [0, 0.1) is 0 Å². The fourth-order valence-electron chi connectivity index (χ4n) is 4.70. The Morgan fingerprint density at radius 3 is 1.93 bits per heavy atom. The van der Waals surface area contributed by atoms with Gasteiger partial charge in [-0.1, -0.05) is 72.8 Å². The number of nitrogens with two attached hydrogens (primary N) is 1. The fraction of sp³-hybridized carbons (Fsp3) is 0.167. The Hall–Kier alpha value is -3.40. The van der Waals surface area contributed by atoms with Gasteiger partial charge < -0.3 is 10.6 Å². The molecule has 4 nitrogen and oxygen atoms in total.